The van der Waals surface area contributed by atoms with Gasteiger partial charge in [-0.15, -0.1) is 0 Å². The first-order valence-corrected chi connectivity index (χ1v) is 10.8. The molecule has 0 unspecified atom stereocenters. The second kappa shape index (κ2) is 7.44. The van der Waals surface area contributed by atoms with Crippen LogP contribution in [0.4, 0.5) is 15.9 Å². The van der Waals surface area contributed by atoms with Crippen molar-refractivity contribution < 1.29 is 9.18 Å². The average molecular weight is 456 g/mol. The minimum Gasteiger partial charge on any atom is -0.398 e. The SMILES string of the molecule is CN(C)C(=O)c1c(N)ccc(-c2cnc3c(c2Cl)[C@@]2(CC[C@H](n4nccn4)C2)CN3)c1F. The van der Waals surface area contributed by atoms with Crippen molar-refractivity contribution in [2.24, 2.45) is 0 Å². The number of hydrogen-bond donors (Lipinski definition) is 2. The maximum Gasteiger partial charge on any atom is 0.258 e. The number of nitrogen functional groups attached to an aromatic ring is 1. The molecule has 0 saturated heterocycles. The molecule has 3 heterocycles. The number of pyridine rings is 1. The van der Waals surface area contributed by atoms with E-state index in [0.717, 1.165) is 24.8 Å². The summed E-state index contributed by atoms with van der Waals surface area (Å²) in [6.07, 6.45) is 7.50. The van der Waals surface area contributed by atoms with Gasteiger partial charge in [-0.1, -0.05) is 11.6 Å². The van der Waals surface area contributed by atoms with Crippen LogP contribution in [-0.2, 0) is 5.41 Å². The highest BCUT2D eigenvalue weighted by Crippen LogP contribution is 2.54. The van der Waals surface area contributed by atoms with Crippen LogP contribution in [0, 0.1) is 5.82 Å². The summed E-state index contributed by atoms with van der Waals surface area (Å²) in [6.45, 7) is 0.699. The third-order valence-electron chi connectivity index (χ3n) is 6.57. The predicted molar refractivity (Wildman–Crippen MR) is 120 cm³/mol. The molecule has 1 saturated carbocycles. The lowest BCUT2D eigenvalue weighted by Gasteiger charge is -2.25. The Labute approximate surface area is 189 Å². The van der Waals surface area contributed by atoms with Gasteiger partial charge in [0.1, 0.15) is 11.6 Å². The minimum atomic E-state index is -0.697. The Morgan fingerprint density at radius 2 is 2.06 bits per heavy atom. The van der Waals surface area contributed by atoms with Crippen molar-refractivity contribution in [3.8, 4) is 11.1 Å². The van der Waals surface area contributed by atoms with Crippen LogP contribution in [0.15, 0.2) is 30.7 Å². The largest absolute Gasteiger partial charge is 0.398 e. The molecule has 166 valence electrons. The number of rotatable bonds is 3. The lowest BCUT2D eigenvalue weighted by molar-refractivity contribution is 0.0824. The van der Waals surface area contributed by atoms with Crippen molar-refractivity contribution >= 4 is 29.0 Å². The zero-order valence-electron chi connectivity index (χ0n) is 17.8. The zero-order valence-corrected chi connectivity index (χ0v) is 18.5. The molecule has 1 fully saturated rings. The van der Waals surface area contributed by atoms with Crippen LogP contribution >= 0.6 is 11.6 Å². The predicted octanol–water partition coefficient (Wildman–Crippen LogP) is 3.51. The third-order valence-corrected chi connectivity index (χ3v) is 6.96. The van der Waals surface area contributed by atoms with E-state index in [0.29, 0.717) is 22.9 Å². The summed E-state index contributed by atoms with van der Waals surface area (Å²) in [4.78, 5) is 20.1. The molecule has 3 N–H and O–H groups in total. The molecule has 1 spiro atoms. The number of halogens is 2. The standard InChI is InChI=1S/C22H23ClFN7O/c1-30(2)21(32)16-15(25)4-3-13(19(16)24)14-10-26-20-17(18(14)23)22(11-27-20)6-5-12(9-22)31-28-7-8-29-31/h3-4,7-8,10,12H,5-6,9,11,25H2,1-2H3,(H,26,27)/t12-,22+/m0/s1. The number of hydrogen-bond acceptors (Lipinski definition) is 6. The maximum atomic E-state index is 15.5. The van der Waals surface area contributed by atoms with Gasteiger partial charge in [0, 0.05) is 54.6 Å². The highest BCUT2D eigenvalue weighted by Gasteiger charge is 2.48. The Balaban J connectivity index is 1.60. The highest BCUT2D eigenvalue weighted by atomic mass is 35.5. The van der Waals surface area contributed by atoms with Crippen molar-refractivity contribution in [1.29, 1.82) is 0 Å². The van der Waals surface area contributed by atoms with Crippen LogP contribution in [-0.4, -0.2) is 51.4 Å². The topological polar surface area (TPSA) is 102 Å². The van der Waals surface area contributed by atoms with Gasteiger partial charge in [0.2, 0.25) is 0 Å². The normalized spacial score (nSPS) is 21.6. The van der Waals surface area contributed by atoms with Crippen LogP contribution in [0.5, 0.6) is 0 Å². The number of nitrogens with zero attached hydrogens (tertiary/aromatic N) is 5. The summed E-state index contributed by atoms with van der Waals surface area (Å²) in [5.41, 5.74) is 7.15. The van der Waals surface area contributed by atoms with Gasteiger partial charge in [0.05, 0.1) is 29.0 Å². The maximum absolute atomic E-state index is 15.5. The summed E-state index contributed by atoms with van der Waals surface area (Å²) < 4.78 is 15.5. The van der Waals surface area contributed by atoms with E-state index in [9.17, 15) is 4.79 Å². The van der Waals surface area contributed by atoms with E-state index in [-0.39, 0.29) is 28.3 Å². The fourth-order valence-corrected chi connectivity index (χ4v) is 5.41. The number of carbonyl (C=O) groups excluding carboxylic acids is 1. The zero-order chi connectivity index (χ0) is 22.6. The number of fused-ring (bicyclic) bond motifs is 2. The molecule has 2 aliphatic rings. The molecule has 0 radical (unpaired) electrons. The van der Waals surface area contributed by atoms with Crippen molar-refractivity contribution in [1.82, 2.24) is 24.9 Å². The van der Waals surface area contributed by atoms with E-state index >= 15 is 4.39 Å². The minimum absolute atomic E-state index is 0.0821. The average Bonchev–Trinajstić information content (AvgIpc) is 3.50. The first-order valence-electron chi connectivity index (χ1n) is 10.4. The number of nitrogens with two attached hydrogens (primary N) is 1. The number of amides is 1. The Bertz CT molecular complexity index is 1210. The van der Waals surface area contributed by atoms with Gasteiger partial charge in [0.25, 0.3) is 5.91 Å². The van der Waals surface area contributed by atoms with Gasteiger partial charge in [-0.2, -0.15) is 15.0 Å². The van der Waals surface area contributed by atoms with Gasteiger partial charge in [-0.25, -0.2) is 9.37 Å². The third kappa shape index (κ3) is 3.02. The molecule has 10 heteroatoms. The lowest BCUT2D eigenvalue weighted by Crippen LogP contribution is -2.26. The quantitative estimate of drug-likeness (QED) is 0.586. The second-order valence-corrected chi connectivity index (χ2v) is 9.06. The van der Waals surface area contributed by atoms with Crippen molar-refractivity contribution in [2.45, 2.75) is 30.7 Å². The first kappa shape index (κ1) is 20.7. The number of aromatic nitrogens is 4. The Morgan fingerprint density at radius 3 is 2.78 bits per heavy atom. The van der Waals surface area contributed by atoms with Crippen LogP contribution < -0.4 is 11.1 Å². The smallest absolute Gasteiger partial charge is 0.258 e. The molecule has 5 rings (SSSR count). The summed E-state index contributed by atoms with van der Waals surface area (Å²) in [5.74, 6) is -0.485. The molecule has 0 bridgehead atoms. The van der Waals surface area contributed by atoms with E-state index in [4.69, 9.17) is 17.3 Å². The Kier molecular flexibility index (Phi) is 4.81. The lowest BCUT2D eigenvalue weighted by atomic mass is 9.80. The van der Waals surface area contributed by atoms with Crippen LogP contribution in [0.25, 0.3) is 11.1 Å². The van der Waals surface area contributed by atoms with Crippen molar-refractivity contribution in [2.75, 3.05) is 31.7 Å². The molecule has 8 nitrogen and oxygen atoms in total. The van der Waals surface area contributed by atoms with Crippen LogP contribution in [0.2, 0.25) is 5.02 Å². The number of carbonyl (C=O) groups is 1. The fraction of sp³-hybridized carbons (Fsp3) is 0.364. The molecule has 1 amide bonds. The second-order valence-electron chi connectivity index (χ2n) is 8.68. The van der Waals surface area contributed by atoms with E-state index in [1.54, 1.807) is 43.5 Å². The van der Waals surface area contributed by atoms with Crippen LogP contribution in [0.3, 0.4) is 0 Å². The van der Waals surface area contributed by atoms with Crippen molar-refractivity contribution in [3.63, 3.8) is 0 Å². The first-order chi connectivity index (χ1) is 15.3. The molecule has 1 aliphatic carbocycles. The molecule has 3 aromatic rings. The molecular formula is C22H23ClFN7O. The molecule has 2 aromatic heterocycles. The number of benzene rings is 1. The number of anilines is 2. The highest BCUT2D eigenvalue weighted by molar-refractivity contribution is 6.34. The van der Waals surface area contributed by atoms with Gasteiger partial charge < -0.3 is 16.0 Å². The Hall–Kier alpha value is -3.20. The van der Waals surface area contributed by atoms with E-state index in [2.05, 4.69) is 20.5 Å². The molecular weight excluding hydrogens is 433 g/mol. The van der Waals surface area contributed by atoms with E-state index < -0.39 is 11.7 Å². The molecule has 2 atom stereocenters. The molecule has 1 aromatic carbocycles. The monoisotopic (exact) mass is 455 g/mol. The van der Waals surface area contributed by atoms with Gasteiger partial charge in [0.15, 0.2) is 0 Å². The number of nitrogens with one attached hydrogen (secondary N) is 1. The van der Waals surface area contributed by atoms with Crippen molar-refractivity contribution in [3.05, 3.63) is 52.7 Å². The molecule has 32 heavy (non-hydrogen) atoms. The van der Waals surface area contributed by atoms with E-state index in [1.807, 2.05) is 0 Å². The summed E-state index contributed by atoms with van der Waals surface area (Å²) in [6, 6.07) is 3.24. The summed E-state index contributed by atoms with van der Waals surface area (Å²) in [7, 11) is 3.11. The van der Waals surface area contributed by atoms with E-state index in [1.165, 1.54) is 11.0 Å². The van der Waals surface area contributed by atoms with Gasteiger partial charge >= 0.3 is 0 Å². The molecule has 1 aliphatic heterocycles. The summed E-state index contributed by atoms with van der Waals surface area (Å²) in [5, 5.41) is 12.4. The summed E-state index contributed by atoms with van der Waals surface area (Å²) >= 11 is 6.93. The van der Waals surface area contributed by atoms with Gasteiger partial charge in [-0.3, -0.25) is 4.79 Å². The Morgan fingerprint density at radius 1 is 1.31 bits per heavy atom. The van der Waals surface area contributed by atoms with Crippen LogP contribution in [0.1, 0.15) is 41.2 Å². The van der Waals surface area contributed by atoms with Gasteiger partial charge in [-0.05, 0) is 31.4 Å². The fourth-order valence-electron chi connectivity index (χ4n) is 4.97.